The molecule has 0 fully saturated rings. The number of fused-ring (bicyclic) bond motifs is 2. The van der Waals surface area contributed by atoms with Crippen LogP contribution in [0, 0.1) is 0 Å². The molecule has 0 aliphatic heterocycles. The quantitative estimate of drug-likeness (QED) is 0.113. The summed E-state index contributed by atoms with van der Waals surface area (Å²) in [5.41, 5.74) is 15.6. The van der Waals surface area contributed by atoms with Gasteiger partial charge in [-0.25, -0.2) is 0 Å². The Labute approximate surface area is 450 Å². The van der Waals surface area contributed by atoms with E-state index in [-0.39, 0.29) is 5.41 Å². The highest BCUT2D eigenvalue weighted by atomic mass is 15.2. The van der Waals surface area contributed by atoms with Crippen LogP contribution < -0.4 is 19.6 Å². The van der Waals surface area contributed by atoms with Gasteiger partial charge < -0.3 is 19.6 Å². The molecule has 0 bridgehead atoms. The first-order valence-corrected chi connectivity index (χ1v) is 26.6. The van der Waals surface area contributed by atoms with Gasteiger partial charge in [0.25, 0.3) is 0 Å². The van der Waals surface area contributed by atoms with E-state index in [1.165, 1.54) is 54.2 Å². The van der Waals surface area contributed by atoms with Crippen molar-refractivity contribution in [3.05, 3.63) is 302 Å². The Morgan fingerprint density at radius 2 is 0.506 bits per heavy atom. The van der Waals surface area contributed by atoms with Crippen molar-refractivity contribution in [2.75, 3.05) is 19.6 Å². The van der Waals surface area contributed by atoms with Crippen LogP contribution in [0.15, 0.2) is 291 Å². The normalized spacial score (nSPS) is 12.4. The largest absolute Gasteiger partial charge is 0.311 e. The van der Waals surface area contributed by atoms with Gasteiger partial charge in [-0.3, -0.25) is 0 Å². The molecule has 0 heterocycles. The van der Waals surface area contributed by atoms with Crippen LogP contribution in [0.1, 0.15) is 25.0 Å². The average molecular weight is 987 g/mol. The van der Waals surface area contributed by atoms with E-state index < -0.39 is 0 Å². The number of rotatable bonds is 12. The maximum absolute atomic E-state index is 2.48. The third-order valence-electron chi connectivity index (χ3n) is 15.7. The van der Waals surface area contributed by atoms with Crippen LogP contribution in [-0.2, 0) is 5.41 Å². The molecule has 0 saturated carbocycles. The SMILES string of the molecule is CC1(C)c2cc(N(c3ccc(N(c4ccccc4)c4ccccc4)cc3)c3cccc4ccccc34)cc3ccc4cc(N(c5ccc(N(c6ccccc6)c6ccccc6)cc5)c5cccc6ccccc56)cc1c4c23. The van der Waals surface area contributed by atoms with Crippen molar-refractivity contribution >= 4 is 111 Å². The summed E-state index contributed by atoms with van der Waals surface area (Å²) in [7, 11) is 0. The molecule has 1 aliphatic carbocycles. The molecule has 77 heavy (non-hydrogen) atoms. The number of hydrogen-bond acceptors (Lipinski definition) is 4. The first kappa shape index (κ1) is 45.7. The molecule has 0 saturated heterocycles. The van der Waals surface area contributed by atoms with Crippen LogP contribution in [0.25, 0.3) is 43.1 Å². The van der Waals surface area contributed by atoms with Crippen molar-refractivity contribution in [3.63, 3.8) is 0 Å². The molecule has 4 nitrogen and oxygen atoms in total. The summed E-state index contributed by atoms with van der Waals surface area (Å²) in [4.78, 5) is 9.58. The lowest BCUT2D eigenvalue weighted by Crippen LogP contribution is -2.18. The van der Waals surface area contributed by atoms with Crippen molar-refractivity contribution in [2.45, 2.75) is 19.3 Å². The highest BCUT2D eigenvalue weighted by molar-refractivity contribution is 6.17. The smallest absolute Gasteiger partial charge is 0.0540 e. The van der Waals surface area contributed by atoms with Gasteiger partial charge in [0.1, 0.15) is 0 Å². The molecular weight excluding hydrogens is 933 g/mol. The molecule has 366 valence electrons. The van der Waals surface area contributed by atoms with Crippen molar-refractivity contribution in [1.29, 1.82) is 0 Å². The second kappa shape index (κ2) is 18.8. The minimum Gasteiger partial charge on any atom is -0.311 e. The second-order valence-electron chi connectivity index (χ2n) is 20.6. The number of hydrogen-bond donors (Lipinski definition) is 0. The van der Waals surface area contributed by atoms with Gasteiger partial charge in [-0.15, -0.1) is 0 Å². The Morgan fingerprint density at radius 3 is 0.857 bits per heavy atom. The third-order valence-corrected chi connectivity index (χ3v) is 15.7. The van der Waals surface area contributed by atoms with Crippen LogP contribution in [0.3, 0.4) is 0 Å². The number of anilines is 12. The van der Waals surface area contributed by atoms with E-state index in [0.29, 0.717) is 0 Å². The average Bonchev–Trinajstić information content (AvgIpc) is 4.01. The summed E-state index contributed by atoms with van der Waals surface area (Å²) >= 11 is 0. The monoisotopic (exact) mass is 986 g/mol. The summed E-state index contributed by atoms with van der Waals surface area (Å²) in [6.07, 6.45) is 0. The molecule has 14 rings (SSSR count). The zero-order valence-electron chi connectivity index (χ0n) is 43.0. The Kier molecular flexibility index (Phi) is 11.2. The Hall–Kier alpha value is -9.90. The van der Waals surface area contributed by atoms with Gasteiger partial charge in [0, 0.05) is 73.1 Å². The predicted molar refractivity (Wildman–Crippen MR) is 327 cm³/mol. The number of para-hydroxylation sites is 4. The fourth-order valence-electron chi connectivity index (χ4n) is 12.1. The molecular formula is C73H54N4. The molecule has 1 aliphatic rings. The van der Waals surface area contributed by atoms with Gasteiger partial charge in [-0.1, -0.05) is 172 Å². The molecule has 0 atom stereocenters. The Balaban J connectivity index is 0.905. The van der Waals surface area contributed by atoms with Gasteiger partial charge in [0.05, 0.1) is 11.4 Å². The molecule has 0 spiro atoms. The lowest BCUT2D eigenvalue weighted by molar-refractivity contribution is 0.663. The van der Waals surface area contributed by atoms with Crippen molar-refractivity contribution < 1.29 is 0 Å². The van der Waals surface area contributed by atoms with Crippen LogP contribution in [0.5, 0.6) is 0 Å². The van der Waals surface area contributed by atoms with Gasteiger partial charge in [0.2, 0.25) is 0 Å². The van der Waals surface area contributed by atoms with Gasteiger partial charge >= 0.3 is 0 Å². The fourth-order valence-corrected chi connectivity index (χ4v) is 12.1. The van der Waals surface area contributed by atoms with Gasteiger partial charge in [-0.2, -0.15) is 0 Å². The molecule has 0 radical (unpaired) electrons. The summed E-state index contributed by atoms with van der Waals surface area (Å²) in [5.74, 6) is 0. The van der Waals surface area contributed by atoms with E-state index >= 15 is 0 Å². The van der Waals surface area contributed by atoms with Crippen LogP contribution in [-0.4, -0.2) is 0 Å². The Morgan fingerprint density at radius 1 is 0.221 bits per heavy atom. The van der Waals surface area contributed by atoms with Gasteiger partial charge in [0.15, 0.2) is 0 Å². The second-order valence-corrected chi connectivity index (χ2v) is 20.6. The minimum absolute atomic E-state index is 0.341. The van der Waals surface area contributed by atoms with E-state index in [2.05, 4.69) is 325 Å². The van der Waals surface area contributed by atoms with Crippen LogP contribution >= 0.6 is 0 Å². The van der Waals surface area contributed by atoms with Crippen LogP contribution in [0.2, 0.25) is 0 Å². The van der Waals surface area contributed by atoms with Crippen molar-refractivity contribution in [1.82, 2.24) is 0 Å². The Bertz CT molecular complexity index is 3920. The molecule has 0 N–H and O–H groups in total. The van der Waals surface area contributed by atoms with Gasteiger partial charge in [-0.05, 0) is 177 Å². The highest BCUT2D eigenvalue weighted by Crippen LogP contribution is 2.54. The number of nitrogens with zero attached hydrogens (tertiary/aromatic N) is 4. The fraction of sp³-hybridized carbons (Fsp3) is 0.0411. The van der Waals surface area contributed by atoms with E-state index in [1.807, 2.05) is 0 Å². The molecule has 13 aromatic carbocycles. The molecule has 4 heteroatoms. The summed E-state index contributed by atoms with van der Waals surface area (Å²) in [6.45, 7) is 4.84. The standard InChI is InChI=1S/C73H54N4/c1-73(2)67-49-63(76(69-35-19-23-51-21-15-17-33-65(51)69)61-43-39-59(40-44-61)74(55-25-7-3-8-26-55)56-27-9-4-10-28-56)47-53-37-38-54-48-64(50-68(73)72(54)71(53)67)77(70-36-20-24-52-22-16-18-34-66(52)70)62-45-41-60(42-46-62)75(57-29-11-5-12-30-57)58-31-13-6-14-32-58/h3-50H,1-2H3. The summed E-state index contributed by atoms with van der Waals surface area (Å²) in [5, 5.41) is 9.92. The molecule has 0 amide bonds. The maximum atomic E-state index is 2.48. The topological polar surface area (TPSA) is 13.0 Å². The first-order chi connectivity index (χ1) is 38.0. The van der Waals surface area contributed by atoms with Crippen LogP contribution in [0.4, 0.5) is 68.2 Å². The number of benzene rings is 13. The molecule has 13 aromatic rings. The lowest BCUT2D eigenvalue weighted by Gasteiger charge is -2.31. The third kappa shape index (κ3) is 7.93. The lowest BCUT2D eigenvalue weighted by atomic mass is 9.81. The molecule has 0 unspecified atom stereocenters. The maximum Gasteiger partial charge on any atom is 0.0540 e. The van der Waals surface area contributed by atoms with Crippen molar-refractivity contribution in [3.8, 4) is 0 Å². The highest BCUT2D eigenvalue weighted by Gasteiger charge is 2.36. The van der Waals surface area contributed by atoms with E-state index in [9.17, 15) is 0 Å². The minimum atomic E-state index is -0.341. The van der Waals surface area contributed by atoms with Crippen molar-refractivity contribution in [2.24, 2.45) is 0 Å². The zero-order chi connectivity index (χ0) is 51.5. The van der Waals surface area contributed by atoms with E-state index in [0.717, 1.165) is 68.2 Å². The first-order valence-electron chi connectivity index (χ1n) is 26.6. The predicted octanol–water partition coefficient (Wildman–Crippen LogP) is 20.8. The molecule has 0 aromatic heterocycles. The summed E-state index contributed by atoms with van der Waals surface area (Å²) in [6, 6.07) is 106. The zero-order valence-corrected chi connectivity index (χ0v) is 43.0. The van der Waals surface area contributed by atoms with E-state index in [1.54, 1.807) is 0 Å². The van der Waals surface area contributed by atoms with E-state index in [4.69, 9.17) is 0 Å². The summed E-state index contributed by atoms with van der Waals surface area (Å²) < 4.78 is 0.